The Balaban J connectivity index is 5.52. The van der Waals surface area contributed by atoms with Crippen molar-refractivity contribution in [3.63, 3.8) is 0 Å². The first-order chi connectivity index (χ1) is 43.5. The summed E-state index contributed by atoms with van der Waals surface area (Å²) in [6.07, 6.45) is 27.0. The minimum absolute atomic E-state index is 0.0449. The van der Waals surface area contributed by atoms with Crippen LogP contribution in [-0.4, -0.2) is 221 Å². The number of nitrogens with zero attached hydrogens (tertiary/aromatic N) is 3. The third-order valence-corrected chi connectivity index (χ3v) is 18.0. The Morgan fingerprint density at radius 3 is 0.767 bits per heavy atom. The highest BCUT2D eigenvalue weighted by atomic mass is 32.2. The Morgan fingerprint density at radius 1 is 0.322 bits per heavy atom. The van der Waals surface area contributed by atoms with E-state index in [1.807, 2.05) is 44.5 Å². The van der Waals surface area contributed by atoms with Gasteiger partial charge in [0.05, 0.1) is 49.4 Å². The largest absolute Gasteiger partial charge is 0.462 e. The summed E-state index contributed by atoms with van der Waals surface area (Å²) in [5.74, 6) is 1.39. The number of hydrogen-bond acceptors (Lipinski definition) is 23. The highest BCUT2D eigenvalue weighted by molar-refractivity contribution is 8.00. The van der Waals surface area contributed by atoms with Gasteiger partial charge in [-0.15, -0.1) is 0 Å². The topological polar surface area (TPSA) is 220 Å². The fourth-order valence-corrected chi connectivity index (χ4v) is 11.5. The molecule has 0 aromatic heterocycles. The molecule has 0 saturated heterocycles. The zero-order chi connectivity index (χ0) is 66.7. The fourth-order valence-electron chi connectivity index (χ4n) is 7.89. The van der Waals surface area contributed by atoms with Crippen molar-refractivity contribution in [1.29, 1.82) is 0 Å². The first kappa shape index (κ1) is 86.0. The van der Waals surface area contributed by atoms with Crippen molar-refractivity contribution in [2.24, 2.45) is 23.7 Å². The van der Waals surface area contributed by atoms with Crippen LogP contribution in [0.5, 0.6) is 0 Å². The van der Waals surface area contributed by atoms with E-state index >= 15 is 0 Å². The predicted molar refractivity (Wildman–Crippen MR) is 368 cm³/mol. The van der Waals surface area contributed by atoms with Crippen molar-refractivity contribution >= 4 is 94.8 Å². The van der Waals surface area contributed by atoms with Gasteiger partial charge in [0.25, 0.3) is 0 Å². The van der Waals surface area contributed by atoms with Crippen LogP contribution in [0.4, 0.5) is 0 Å². The molecule has 0 aliphatic heterocycles. The monoisotopic (exact) mass is 1350 g/mol. The second-order valence-electron chi connectivity index (χ2n) is 22.0. The molecule has 0 fully saturated rings. The minimum Gasteiger partial charge on any atom is -0.462 e. The second-order valence-corrected chi connectivity index (χ2v) is 26.3. The third-order valence-electron chi connectivity index (χ3n) is 13.3. The zero-order valence-electron chi connectivity index (χ0n) is 56.3. The summed E-state index contributed by atoms with van der Waals surface area (Å²) in [5.41, 5.74) is 0. The Kier molecular flexibility index (Phi) is 58.5. The molecular formula is C67H115N3O16S4. The molecule has 0 aromatic carbocycles. The Labute approximate surface area is 558 Å². The Bertz CT molecular complexity index is 1770. The van der Waals surface area contributed by atoms with E-state index in [4.69, 9.17) is 37.9 Å². The van der Waals surface area contributed by atoms with Gasteiger partial charge in [-0.2, -0.15) is 47.0 Å². The lowest BCUT2D eigenvalue weighted by Gasteiger charge is -2.25. The average Bonchev–Trinajstić information content (AvgIpc) is 3.60. The van der Waals surface area contributed by atoms with Crippen LogP contribution in [0.1, 0.15) is 145 Å². The van der Waals surface area contributed by atoms with Crippen LogP contribution in [0.3, 0.4) is 0 Å². The quantitative estimate of drug-likeness (QED) is 0.0239. The van der Waals surface area contributed by atoms with Crippen LogP contribution in [-0.2, 0) is 76.3 Å². The summed E-state index contributed by atoms with van der Waals surface area (Å²) in [4.78, 5) is 108. The highest BCUT2D eigenvalue weighted by Crippen LogP contribution is 2.15. The highest BCUT2D eigenvalue weighted by Gasteiger charge is 2.20. The van der Waals surface area contributed by atoms with E-state index in [1.54, 1.807) is 47.0 Å². The van der Waals surface area contributed by atoms with Crippen LogP contribution < -0.4 is 0 Å². The lowest BCUT2D eigenvalue weighted by atomic mass is 10.2. The molecule has 0 N–H and O–H groups in total. The molecule has 4 unspecified atom stereocenters. The second kappa shape index (κ2) is 61.2. The van der Waals surface area contributed by atoms with Crippen molar-refractivity contribution in [2.45, 2.75) is 145 Å². The molecule has 0 radical (unpaired) electrons. The smallest absolute Gasteiger partial charge is 0.309 e. The molecule has 19 nitrogen and oxygen atoms in total. The maximum absolute atomic E-state index is 12.9. The van der Waals surface area contributed by atoms with Gasteiger partial charge in [0, 0.05) is 72.2 Å². The number of rotatable bonds is 60. The first-order valence-electron chi connectivity index (χ1n) is 32.8. The molecule has 0 aliphatic carbocycles. The van der Waals surface area contributed by atoms with E-state index in [-0.39, 0.29) is 126 Å². The van der Waals surface area contributed by atoms with Crippen molar-refractivity contribution in [3.05, 3.63) is 48.6 Å². The molecular weight excluding hydrogens is 1230 g/mol. The number of esters is 8. The Morgan fingerprint density at radius 2 is 0.544 bits per heavy atom. The van der Waals surface area contributed by atoms with Gasteiger partial charge in [-0.05, 0) is 71.8 Å². The molecule has 0 heterocycles. The molecule has 23 heteroatoms. The number of hydrogen-bond donors (Lipinski definition) is 0. The van der Waals surface area contributed by atoms with Gasteiger partial charge >= 0.3 is 47.8 Å². The number of carbonyl (C=O) groups excluding carboxylic acids is 8. The van der Waals surface area contributed by atoms with Gasteiger partial charge in [0.1, 0.15) is 52.9 Å². The number of unbranched alkanes of at least 4 members (excludes halogenated alkanes) is 4. The lowest BCUT2D eigenvalue weighted by molar-refractivity contribution is -0.154. The van der Waals surface area contributed by atoms with E-state index in [2.05, 4.69) is 81.2 Å². The number of allylic oxidation sites excluding steroid dienone is 4. The molecule has 0 aliphatic rings. The summed E-state index contributed by atoms with van der Waals surface area (Å²) < 4.78 is 43.1. The van der Waals surface area contributed by atoms with Gasteiger partial charge in [0.15, 0.2) is 0 Å². The van der Waals surface area contributed by atoms with Crippen molar-refractivity contribution in [2.75, 3.05) is 158 Å². The van der Waals surface area contributed by atoms with Gasteiger partial charge in [-0.25, -0.2) is 0 Å². The van der Waals surface area contributed by atoms with Gasteiger partial charge in [-0.3, -0.25) is 38.4 Å². The van der Waals surface area contributed by atoms with Crippen LogP contribution in [0, 0.1) is 23.7 Å². The van der Waals surface area contributed by atoms with Crippen LogP contribution in [0.25, 0.3) is 0 Å². The molecule has 0 bridgehead atoms. The average molecular weight is 1350 g/mol. The third kappa shape index (κ3) is 53.5. The van der Waals surface area contributed by atoms with E-state index in [1.165, 1.54) is 0 Å². The van der Waals surface area contributed by atoms with Crippen LogP contribution in [0.15, 0.2) is 48.6 Å². The number of thioether (sulfide) groups is 4. The summed E-state index contributed by atoms with van der Waals surface area (Å²) in [7, 11) is 1.99. The molecule has 0 saturated carbocycles. The van der Waals surface area contributed by atoms with E-state index < -0.39 is 23.9 Å². The van der Waals surface area contributed by atoms with Crippen molar-refractivity contribution < 1.29 is 76.3 Å². The number of carbonyl (C=O) groups is 8. The molecule has 518 valence electrons. The lowest BCUT2D eigenvalue weighted by Crippen LogP contribution is -2.34. The van der Waals surface area contributed by atoms with Crippen LogP contribution in [0.2, 0.25) is 0 Å². The predicted octanol–water partition coefficient (Wildman–Crippen LogP) is 11.1. The van der Waals surface area contributed by atoms with E-state index in [0.717, 1.165) is 74.4 Å². The molecule has 0 amide bonds. The van der Waals surface area contributed by atoms with Gasteiger partial charge in [-0.1, -0.05) is 130 Å². The maximum Gasteiger partial charge on any atom is 0.309 e. The van der Waals surface area contributed by atoms with E-state index in [9.17, 15) is 38.4 Å². The molecule has 0 spiro atoms. The summed E-state index contributed by atoms with van der Waals surface area (Å²) in [6.45, 7) is 19.0. The minimum atomic E-state index is -0.462. The SMILES string of the molecule is CCC/C=C/CSCC(C)C(=O)OCCOC(=O)CCN(CCCN(C)CCCN(CCC(=O)OCCOC(=O)C(C)CSC/C=C/CCC)CCC(=O)OCCOC(=O)C(C)CSC/C=C/CCC)CCC(=O)OCCOC(=O)C(C)CSC/C=C/CCC. The summed E-state index contributed by atoms with van der Waals surface area (Å²) in [6, 6.07) is 0. The first-order valence-corrected chi connectivity index (χ1v) is 37.4. The van der Waals surface area contributed by atoms with Crippen molar-refractivity contribution in [1.82, 2.24) is 14.7 Å². The van der Waals surface area contributed by atoms with E-state index in [0.29, 0.717) is 88.2 Å². The molecule has 0 rings (SSSR count). The summed E-state index contributed by atoms with van der Waals surface area (Å²) in [5, 5.41) is 0. The fraction of sp³-hybridized carbons (Fsp3) is 0.761. The molecule has 0 aromatic rings. The maximum atomic E-state index is 12.9. The normalized spacial score (nSPS) is 13.1. The van der Waals surface area contributed by atoms with Crippen molar-refractivity contribution in [3.8, 4) is 0 Å². The molecule has 90 heavy (non-hydrogen) atoms. The standard InChI is InChI=1S/C67H115N3O16S4/c1-10-14-18-22-48-87-52-56(5)64(75)83-44-40-79-60(71)28-36-69(37-29-61(72)80-41-45-84-65(76)57(6)53-88-49-23-19-15-11-2)34-26-32-68(9)33-27-35-70(38-30-62(73)81-42-46-85-66(77)58(7)54-89-50-24-20-16-12-3)39-31-63(74)82-43-47-86-67(78)59(8)55-90-51-25-21-17-13-4/h18-25,56-59H,10-17,26-55H2,1-9H3/b22-18+,23-19+,24-20+,25-21+. The Hall–Kier alpha value is -4.00. The zero-order valence-corrected chi connectivity index (χ0v) is 59.6. The van der Waals surface area contributed by atoms with Crippen LogP contribution >= 0.6 is 47.0 Å². The van der Waals surface area contributed by atoms with Gasteiger partial charge in [0.2, 0.25) is 0 Å². The van der Waals surface area contributed by atoms with Gasteiger partial charge < -0.3 is 52.6 Å². The number of ether oxygens (including phenoxy) is 8. The molecule has 4 atom stereocenters. The summed E-state index contributed by atoms with van der Waals surface area (Å²) >= 11 is 6.63.